The van der Waals surface area contributed by atoms with Crippen molar-refractivity contribution in [3.05, 3.63) is 77.6 Å². The van der Waals surface area contributed by atoms with Crippen molar-refractivity contribution in [3.63, 3.8) is 0 Å². The molecule has 0 unspecified atom stereocenters. The van der Waals surface area contributed by atoms with Crippen LogP contribution in [0.25, 0.3) is 10.9 Å². The summed E-state index contributed by atoms with van der Waals surface area (Å²) in [6.07, 6.45) is -1.52. The number of aryl methyl sites for hydroxylation is 1. The molecule has 2 aromatic carbocycles. The van der Waals surface area contributed by atoms with Crippen LogP contribution < -0.4 is 10.1 Å². The molecule has 7 nitrogen and oxygen atoms in total. The first-order chi connectivity index (χ1) is 16.7. The number of amides is 1. The van der Waals surface area contributed by atoms with E-state index in [2.05, 4.69) is 15.3 Å². The molecular formula is C23H18F4N4O3S. The van der Waals surface area contributed by atoms with Gasteiger partial charge in [0.2, 0.25) is 5.88 Å². The molecule has 0 radical (unpaired) electrons. The number of fused-ring (bicyclic) bond motifs is 1. The van der Waals surface area contributed by atoms with Crippen molar-refractivity contribution in [3.8, 4) is 11.6 Å². The monoisotopic (exact) mass is 506 g/mol. The number of hydrogen-bond donors (Lipinski definition) is 1. The molecule has 0 fully saturated rings. The summed E-state index contributed by atoms with van der Waals surface area (Å²) in [7, 11) is 0. The van der Waals surface area contributed by atoms with Crippen molar-refractivity contribution in [1.29, 1.82) is 0 Å². The minimum atomic E-state index is -4.55. The molecule has 35 heavy (non-hydrogen) atoms. The molecule has 0 saturated heterocycles. The number of aromatic nitrogens is 3. The van der Waals surface area contributed by atoms with Gasteiger partial charge in [-0.3, -0.25) is 4.57 Å². The van der Waals surface area contributed by atoms with Gasteiger partial charge in [0.25, 0.3) is 0 Å². The van der Waals surface area contributed by atoms with Crippen molar-refractivity contribution in [1.82, 2.24) is 14.5 Å². The predicted molar refractivity (Wildman–Crippen MR) is 123 cm³/mol. The van der Waals surface area contributed by atoms with Crippen LogP contribution >= 0.6 is 12.0 Å². The molecule has 0 aliphatic heterocycles. The minimum Gasteiger partial charge on any atom is -0.436 e. The Kier molecular flexibility index (Phi) is 6.94. The highest BCUT2D eigenvalue weighted by Gasteiger charge is 2.30. The maximum atomic E-state index is 15.3. The molecule has 1 amide bonds. The average Bonchev–Trinajstić information content (AvgIpc) is 3.16. The normalized spacial score (nSPS) is 11.6. The quantitative estimate of drug-likeness (QED) is 0.236. The second-order valence-corrected chi connectivity index (χ2v) is 7.89. The van der Waals surface area contributed by atoms with Gasteiger partial charge in [0.1, 0.15) is 12.9 Å². The Balaban J connectivity index is 1.61. The molecule has 0 aliphatic rings. The lowest BCUT2D eigenvalue weighted by molar-refractivity contribution is -0.137. The second kappa shape index (κ2) is 9.92. The van der Waals surface area contributed by atoms with Crippen LogP contribution in [0.1, 0.15) is 17.0 Å². The van der Waals surface area contributed by atoms with Crippen molar-refractivity contribution in [2.75, 3.05) is 11.6 Å². The van der Waals surface area contributed by atoms with Crippen LogP contribution in [0.4, 0.5) is 28.0 Å². The van der Waals surface area contributed by atoms with E-state index in [4.69, 9.17) is 8.92 Å². The first-order valence-electron chi connectivity index (χ1n) is 10.1. The van der Waals surface area contributed by atoms with Gasteiger partial charge in [0.15, 0.2) is 11.6 Å². The van der Waals surface area contributed by atoms with Crippen molar-refractivity contribution >= 4 is 34.7 Å². The molecule has 0 bridgehead atoms. The topological polar surface area (TPSA) is 78.3 Å². The van der Waals surface area contributed by atoms with Gasteiger partial charge in [-0.25, -0.2) is 19.2 Å². The Morgan fingerprint density at radius 3 is 2.69 bits per heavy atom. The smallest absolute Gasteiger partial charge is 0.416 e. The summed E-state index contributed by atoms with van der Waals surface area (Å²) < 4.78 is 66.2. The van der Waals surface area contributed by atoms with E-state index >= 15 is 4.39 Å². The number of anilines is 1. The van der Waals surface area contributed by atoms with Gasteiger partial charge in [0, 0.05) is 29.1 Å². The van der Waals surface area contributed by atoms with Crippen LogP contribution in [0.15, 0.2) is 54.9 Å². The first-order valence-corrected chi connectivity index (χ1v) is 11.3. The molecule has 12 heteroatoms. The Morgan fingerprint density at radius 2 is 1.94 bits per heavy atom. The third kappa shape index (κ3) is 5.38. The summed E-state index contributed by atoms with van der Waals surface area (Å²) in [4.78, 5) is 20.9. The predicted octanol–water partition coefficient (Wildman–Crippen LogP) is 6.56. The minimum absolute atomic E-state index is 0.0449. The van der Waals surface area contributed by atoms with E-state index in [1.54, 1.807) is 13.2 Å². The summed E-state index contributed by atoms with van der Waals surface area (Å²) in [5.74, 6) is -0.739. The number of benzene rings is 2. The average molecular weight is 506 g/mol. The van der Waals surface area contributed by atoms with Gasteiger partial charge in [-0.05, 0) is 55.4 Å². The van der Waals surface area contributed by atoms with Crippen LogP contribution in [0.2, 0.25) is 0 Å². The third-order valence-corrected chi connectivity index (χ3v) is 5.30. The van der Waals surface area contributed by atoms with Gasteiger partial charge in [-0.1, -0.05) is 6.07 Å². The number of hydrogen-bond acceptors (Lipinski definition) is 6. The fraction of sp³-hybridized carbons (Fsp3) is 0.174. The van der Waals surface area contributed by atoms with Crippen molar-refractivity contribution in [2.45, 2.75) is 19.7 Å². The van der Waals surface area contributed by atoms with Crippen LogP contribution in [0.3, 0.4) is 0 Å². The molecule has 1 N–H and O–H groups in total. The Labute approximate surface area is 201 Å². The summed E-state index contributed by atoms with van der Waals surface area (Å²) in [6.45, 7) is 1.79. The highest BCUT2D eigenvalue weighted by atomic mass is 32.2. The molecule has 2 aromatic heterocycles. The molecule has 0 saturated carbocycles. The SMILES string of the molecule is CSOCc1cc(Oc2ccc3c(cc(C)n3C(=O)Nc3cccc(C(F)(F)F)c3)c2F)ncn1. The van der Waals surface area contributed by atoms with E-state index in [1.807, 2.05) is 0 Å². The maximum absolute atomic E-state index is 15.3. The summed E-state index contributed by atoms with van der Waals surface area (Å²) in [5.41, 5.74) is 0.188. The number of rotatable bonds is 6. The molecule has 0 atom stereocenters. The van der Waals surface area contributed by atoms with Crippen LogP contribution in [-0.2, 0) is 17.0 Å². The van der Waals surface area contributed by atoms with E-state index in [0.717, 1.165) is 12.1 Å². The molecule has 4 rings (SSSR count). The van der Waals surface area contributed by atoms with Crippen LogP contribution in [0, 0.1) is 12.7 Å². The number of nitrogens with zero attached hydrogens (tertiary/aromatic N) is 3. The maximum Gasteiger partial charge on any atom is 0.416 e. The number of nitrogens with one attached hydrogen (secondary N) is 1. The lowest BCUT2D eigenvalue weighted by atomic mass is 10.2. The zero-order chi connectivity index (χ0) is 25.2. The third-order valence-electron chi connectivity index (χ3n) is 4.95. The van der Waals surface area contributed by atoms with Gasteiger partial charge in [0.05, 0.1) is 16.8 Å². The highest BCUT2D eigenvalue weighted by molar-refractivity contribution is 7.93. The Morgan fingerprint density at radius 1 is 1.14 bits per heavy atom. The molecular weight excluding hydrogens is 488 g/mol. The first kappa shape index (κ1) is 24.5. The molecule has 0 aliphatic carbocycles. The molecule has 2 heterocycles. The van der Waals surface area contributed by atoms with Gasteiger partial charge >= 0.3 is 12.2 Å². The zero-order valence-corrected chi connectivity index (χ0v) is 19.2. The number of halogens is 4. The molecule has 0 spiro atoms. The number of carbonyl (C=O) groups excluding carboxylic acids is 1. The molecule has 182 valence electrons. The fourth-order valence-corrected chi connectivity index (χ4v) is 3.64. The standard InChI is InChI=1S/C23H18F4N4O3S/c1-13-8-17-18(31(13)22(32)30-15-5-3-4-14(9-15)23(25,26)27)6-7-19(21(17)24)34-20-10-16(11-33-35-2)28-12-29-20/h3-10,12H,11H2,1-2H3,(H,30,32). The summed E-state index contributed by atoms with van der Waals surface area (Å²) >= 11 is 1.17. The lowest BCUT2D eigenvalue weighted by Gasteiger charge is -2.12. The Hall–Kier alpha value is -3.64. The van der Waals surface area contributed by atoms with E-state index in [-0.39, 0.29) is 34.8 Å². The van der Waals surface area contributed by atoms with E-state index in [9.17, 15) is 18.0 Å². The number of ether oxygens (including phenoxy) is 1. The van der Waals surface area contributed by atoms with Gasteiger partial charge in [-0.15, -0.1) is 0 Å². The van der Waals surface area contributed by atoms with Crippen LogP contribution in [-0.4, -0.2) is 26.8 Å². The van der Waals surface area contributed by atoms with Crippen molar-refractivity contribution < 1.29 is 31.3 Å². The van der Waals surface area contributed by atoms with E-state index in [0.29, 0.717) is 11.4 Å². The number of alkyl halides is 3. The van der Waals surface area contributed by atoms with Crippen molar-refractivity contribution in [2.24, 2.45) is 0 Å². The Bertz CT molecular complexity index is 1390. The van der Waals surface area contributed by atoms with E-state index in [1.165, 1.54) is 59.3 Å². The highest BCUT2D eigenvalue weighted by Crippen LogP contribution is 2.33. The fourth-order valence-electron chi connectivity index (χ4n) is 3.40. The van der Waals surface area contributed by atoms with Gasteiger partial charge in [-0.2, -0.15) is 13.2 Å². The molecule has 4 aromatic rings. The largest absolute Gasteiger partial charge is 0.436 e. The van der Waals surface area contributed by atoms with Crippen LogP contribution in [0.5, 0.6) is 11.6 Å². The summed E-state index contributed by atoms with van der Waals surface area (Å²) in [5, 5.41) is 2.52. The summed E-state index contributed by atoms with van der Waals surface area (Å²) in [6, 6.07) is 9.29. The van der Waals surface area contributed by atoms with E-state index < -0.39 is 23.6 Å². The lowest BCUT2D eigenvalue weighted by Crippen LogP contribution is -2.20. The second-order valence-electron chi connectivity index (χ2n) is 7.32. The zero-order valence-electron chi connectivity index (χ0n) is 18.4. The van der Waals surface area contributed by atoms with Gasteiger partial charge < -0.3 is 14.2 Å². The number of carbonyl (C=O) groups is 1.